The second kappa shape index (κ2) is 9.50. The molecule has 6 nitrogen and oxygen atoms in total. The normalized spacial score (nSPS) is 10.5. The zero-order chi connectivity index (χ0) is 19.8. The van der Waals surface area contributed by atoms with E-state index >= 15 is 0 Å². The first-order valence-corrected chi connectivity index (χ1v) is 9.27. The summed E-state index contributed by atoms with van der Waals surface area (Å²) in [5.41, 5.74) is 2.76. The molecule has 3 rings (SSSR count). The van der Waals surface area contributed by atoms with Crippen LogP contribution in [0.4, 0.5) is 0 Å². The van der Waals surface area contributed by atoms with Crippen LogP contribution in [-0.4, -0.2) is 27.9 Å². The molecule has 0 unspecified atom stereocenters. The molecule has 28 heavy (non-hydrogen) atoms. The number of benzene rings is 2. The number of hydrogen-bond acceptors (Lipinski definition) is 3. The molecule has 0 saturated carbocycles. The van der Waals surface area contributed by atoms with E-state index in [2.05, 4.69) is 32.3 Å². The van der Waals surface area contributed by atoms with Crippen LogP contribution in [0.3, 0.4) is 0 Å². The molecule has 0 radical (unpaired) electrons. The fourth-order valence-electron chi connectivity index (χ4n) is 2.88. The number of carbonyl (C=O) groups excluding carboxylic acids is 2. The van der Waals surface area contributed by atoms with Crippen LogP contribution in [0.1, 0.15) is 34.2 Å². The van der Waals surface area contributed by atoms with Crippen molar-refractivity contribution in [2.24, 2.45) is 0 Å². The maximum Gasteiger partial charge on any atom is 0.251 e. The highest BCUT2D eigenvalue weighted by atomic mass is 16.2. The van der Waals surface area contributed by atoms with Crippen LogP contribution < -0.4 is 10.6 Å². The molecule has 2 N–H and O–H groups in total. The predicted molar refractivity (Wildman–Crippen MR) is 108 cm³/mol. The van der Waals surface area contributed by atoms with Gasteiger partial charge in [-0.3, -0.25) is 9.59 Å². The van der Waals surface area contributed by atoms with Crippen molar-refractivity contribution in [3.05, 3.63) is 89.5 Å². The van der Waals surface area contributed by atoms with Gasteiger partial charge in [-0.05, 0) is 23.3 Å². The minimum atomic E-state index is -0.118. The summed E-state index contributed by atoms with van der Waals surface area (Å²) in [5.74, 6) is 0.745. The van der Waals surface area contributed by atoms with E-state index in [0.29, 0.717) is 25.1 Å². The van der Waals surface area contributed by atoms with Gasteiger partial charge in [-0.2, -0.15) is 0 Å². The minimum Gasteiger partial charge on any atom is -0.352 e. The van der Waals surface area contributed by atoms with Crippen molar-refractivity contribution in [2.75, 3.05) is 6.54 Å². The lowest BCUT2D eigenvalue weighted by Crippen LogP contribution is -2.26. The van der Waals surface area contributed by atoms with Gasteiger partial charge >= 0.3 is 0 Å². The molecule has 0 aliphatic heterocycles. The lowest BCUT2D eigenvalue weighted by molar-refractivity contribution is -0.119. The number of carbonyl (C=O) groups is 2. The lowest BCUT2D eigenvalue weighted by atomic mass is 10.1. The van der Waals surface area contributed by atoms with Crippen molar-refractivity contribution in [3.63, 3.8) is 0 Å². The molecule has 6 heteroatoms. The van der Waals surface area contributed by atoms with Gasteiger partial charge in [0, 0.05) is 50.9 Å². The first kappa shape index (κ1) is 19.4. The van der Waals surface area contributed by atoms with Gasteiger partial charge in [0.15, 0.2) is 0 Å². The van der Waals surface area contributed by atoms with Crippen LogP contribution in [0.15, 0.2) is 67.0 Å². The molecule has 0 aliphatic rings. The number of nitrogens with one attached hydrogen (secondary N) is 2. The van der Waals surface area contributed by atoms with Crippen molar-refractivity contribution in [2.45, 2.75) is 26.4 Å². The van der Waals surface area contributed by atoms with Crippen molar-refractivity contribution < 1.29 is 9.59 Å². The smallest absolute Gasteiger partial charge is 0.251 e. The molecule has 1 heterocycles. The van der Waals surface area contributed by atoms with Crippen LogP contribution in [-0.2, 0) is 24.3 Å². The molecule has 0 aliphatic carbocycles. The Kier molecular flexibility index (Phi) is 6.57. The van der Waals surface area contributed by atoms with E-state index in [1.165, 1.54) is 12.5 Å². The molecule has 144 valence electrons. The van der Waals surface area contributed by atoms with Crippen molar-refractivity contribution in [1.29, 1.82) is 0 Å². The Bertz CT molecular complexity index is 917. The van der Waals surface area contributed by atoms with Crippen molar-refractivity contribution in [1.82, 2.24) is 20.2 Å². The Labute approximate surface area is 164 Å². The maximum absolute atomic E-state index is 12.3. The molecule has 2 aromatic carbocycles. The van der Waals surface area contributed by atoms with Crippen LogP contribution in [0.5, 0.6) is 0 Å². The van der Waals surface area contributed by atoms with E-state index in [9.17, 15) is 9.59 Å². The van der Waals surface area contributed by atoms with Gasteiger partial charge in [-0.25, -0.2) is 4.98 Å². The Morgan fingerprint density at radius 2 is 1.71 bits per heavy atom. The summed E-state index contributed by atoms with van der Waals surface area (Å²) >= 11 is 0. The lowest BCUT2D eigenvalue weighted by Gasteiger charge is -2.09. The van der Waals surface area contributed by atoms with Gasteiger partial charge in [0.05, 0.1) is 0 Å². The molecule has 0 atom stereocenters. The Morgan fingerprint density at radius 1 is 0.964 bits per heavy atom. The van der Waals surface area contributed by atoms with Gasteiger partial charge in [-0.15, -0.1) is 0 Å². The summed E-state index contributed by atoms with van der Waals surface area (Å²) in [6.45, 7) is 3.21. The number of aromatic nitrogens is 2. The molecule has 0 saturated heterocycles. The third-order valence-electron chi connectivity index (χ3n) is 4.39. The topological polar surface area (TPSA) is 76.0 Å². The van der Waals surface area contributed by atoms with Gasteiger partial charge in [0.25, 0.3) is 5.91 Å². The SMILES string of the molecule is CC(=O)NCc1ccc(C(=O)NCCc2nccn2Cc2ccccc2)cc1. The van der Waals surface area contributed by atoms with E-state index in [0.717, 1.165) is 17.9 Å². The standard InChI is InChI=1S/C22H24N4O2/c1-17(27)25-15-18-7-9-20(10-8-18)22(28)24-12-11-21-23-13-14-26(21)16-19-5-3-2-4-6-19/h2-10,13-14H,11-12,15-16H2,1H3,(H,24,28)(H,25,27). The van der Waals surface area contributed by atoms with Crippen LogP contribution >= 0.6 is 0 Å². The van der Waals surface area contributed by atoms with Gasteiger partial charge in [-0.1, -0.05) is 42.5 Å². The molecule has 3 aromatic rings. The molecule has 0 spiro atoms. The summed E-state index contributed by atoms with van der Waals surface area (Å²) in [6.07, 6.45) is 4.40. The fraction of sp³-hybridized carbons (Fsp3) is 0.227. The Morgan fingerprint density at radius 3 is 2.43 bits per heavy atom. The predicted octanol–water partition coefficient (Wildman–Crippen LogP) is 2.54. The zero-order valence-corrected chi connectivity index (χ0v) is 15.9. The summed E-state index contributed by atoms with van der Waals surface area (Å²) in [4.78, 5) is 27.7. The fourth-order valence-corrected chi connectivity index (χ4v) is 2.88. The number of hydrogen-bond donors (Lipinski definition) is 2. The summed E-state index contributed by atoms with van der Waals surface area (Å²) < 4.78 is 2.10. The molecule has 2 amide bonds. The quantitative estimate of drug-likeness (QED) is 0.634. The number of nitrogens with zero attached hydrogens (tertiary/aromatic N) is 2. The average molecular weight is 376 g/mol. The van der Waals surface area contributed by atoms with Crippen LogP contribution in [0, 0.1) is 0 Å². The minimum absolute atomic E-state index is 0.0764. The average Bonchev–Trinajstić information content (AvgIpc) is 3.14. The summed E-state index contributed by atoms with van der Waals surface area (Å²) in [5, 5.41) is 5.67. The molecular formula is C22H24N4O2. The third-order valence-corrected chi connectivity index (χ3v) is 4.39. The molecular weight excluding hydrogens is 352 g/mol. The molecule has 1 aromatic heterocycles. The van der Waals surface area contributed by atoms with E-state index in [1.807, 2.05) is 36.5 Å². The Balaban J connectivity index is 1.49. The monoisotopic (exact) mass is 376 g/mol. The molecule has 0 fully saturated rings. The van der Waals surface area contributed by atoms with Crippen molar-refractivity contribution >= 4 is 11.8 Å². The van der Waals surface area contributed by atoms with Gasteiger partial charge < -0.3 is 15.2 Å². The van der Waals surface area contributed by atoms with E-state index < -0.39 is 0 Å². The number of imidazole rings is 1. The number of amides is 2. The molecule has 0 bridgehead atoms. The van der Waals surface area contributed by atoms with E-state index in [1.54, 1.807) is 18.3 Å². The van der Waals surface area contributed by atoms with E-state index in [4.69, 9.17) is 0 Å². The highest BCUT2D eigenvalue weighted by molar-refractivity contribution is 5.94. The summed E-state index contributed by atoms with van der Waals surface area (Å²) in [6, 6.07) is 17.4. The third kappa shape index (κ3) is 5.54. The highest BCUT2D eigenvalue weighted by Crippen LogP contribution is 2.07. The maximum atomic E-state index is 12.3. The van der Waals surface area contributed by atoms with Gasteiger partial charge in [0.1, 0.15) is 5.82 Å². The Hall–Kier alpha value is -3.41. The first-order chi connectivity index (χ1) is 13.6. The van der Waals surface area contributed by atoms with E-state index in [-0.39, 0.29) is 11.8 Å². The van der Waals surface area contributed by atoms with Crippen LogP contribution in [0.2, 0.25) is 0 Å². The number of rotatable bonds is 8. The first-order valence-electron chi connectivity index (χ1n) is 9.27. The zero-order valence-electron chi connectivity index (χ0n) is 15.9. The van der Waals surface area contributed by atoms with Crippen LogP contribution in [0.25, 0.3) is 0 Å². The largest absolute Gasteiger partial charge is 0.352 e. The van der Waals surface area contributed by atoms with Crippen molar-refractivity contribution in [3.8, 4) is 0 Å². The highest BCUT2D eigenvalue weighted by Gasteiger charge is 2.07. The van der Waals surface area contributed by atoms with Gasteiger partial charge in [0.2, 0.25) is 5.91 Å². The second-order valence-electron chi connectivity index (χ2n) is 6.57. The summed E-state index contributed by atoms with van der Waals surface area (Å²) in [7, 11) is 0. The second-order valence-corrected chi connectivity index (χ2v) is 6.57.